The van der Waals surface area contributed by atoms with Crippen LogP contribution in [0.15, 0.2) is 112 Å². The van der Waals surface area contributed by atoms with Gasteiger partial charge in [-0.2, -0.15) is 0 Å². The van der Waals surface area contributed by atoms with Crippen LogP contribution in [0, 0.1) is 5.82 Å². The number of carbonyl (C=O) groups excluding carboxylic acids is 2. The molecule has 0 fully saturated rings. The van der Waals surface area contributed by atoms with E-state index >= 15 is 0 Å². The maximum atomic E-state index is 14.5. The minimum absolute atomic E-state index is 0.0215. The molecule has 4 rings (SSSR count). The summed E-state index contributed by atoms with van der Waals surface area (Å²) in [7, 11) is -4.34. The standard InChI is InChI=1S/C36H39BrFN3O5S/c1-5-46-31-18-20-32(21-19-31)47(44,45)41(30-16-14-29(38)15-17-30)25-34(42)40(24-27-12-9-13-28(37)22-27)33(35(43)39-36(2,3)4)23-26-10-7-6-8-11-26/h6-22,33H,5,23-25H2,1-4H3,(H,39,43). The van der Waals surface area contributed by atoms with Gasteiger partial charge in [0.1, 0.15) is 24.2 Å². The molecule has 0 radical (unpaired) electrons. The first-order valence-electron chi connectivity index (χ1n) is 15.2. The van der Waals surface area contributed by atoms with Crippen LogP contribution < -0.4 is 14.4 Å². The molecule has 8 nitrogen and oxygen atoms in total. The minimum Gasteiger partial charge on any atom is -0.494 e. The van der Waals surface area contributed by atoms with Crippen LogP contribution in [0.2, 0.25) is 0 Å². The predicted molar refractivity (Wildman–Crippen MR) is 185 cm³/mol. The molecule has 0 spiro atoms. The van der Waals surface area contributed by atoms with Gasteiger partial charge in [0, 0.05) is 23.0 Å². The molecule has 0 aliphatic rings. The van der Waals surface area contributed by atoms with E-state index in [-0.39, 0.29) is 29.5 Å². The monoisotopic (exact) mass is 723 g/mol. The SMILES string of the molecule is CCOc1ccc(S(=O)(=O)N(CC(=O)N(Cc2cccc(Br)c2)C(Cc2ccccc2)C(=O)NC(C)(C)C)c2ccc(F)cc2)cc1. The number of amides is 2. The summed E-state index contributed by atoms with van der Waals surface area (Å²) in [4.78, 5) is 29.8. The second-order valence-corrected chi connectivity index (χ2v) is 14.8. The van der Waals surface area contributed by atoms with Crippen molar-refractivity contribution < 1.29 is 27.1 Å². The lowest BCUT2D eigenvalue weighted by Gasteiger charge is -2.35. The summed E-state index contributed by atoms with van der Waals surface area (Å²) in [6.07, 6.45) is 0.185. The van der Waals surface area contributed by atoms with Crippen LogP contribution in [-0.2, 0) is 32.6 Å². The topological polar surface area (TPSA) is 96.0 Å². The summed E-state index contributed by atoms with van der Waals surface area (Å²) in [6, 6.07) is 26.4. The Labute approximate surface area is 284 Å². The maximum absolute atomic E-state index is 14.5. The van der Waals surface area contributed by atoms with Crippen LogP contribution in [0.1, 0.15) is 38.8 Å². The molecule has 4 aromatic carbocycles. The van der Waals surface area contributed by atoms with Crippen LogP contribution in [-0.4, -0.2) is 49.9 Å². The Hall–Kier alpha value is -4.22. The summed E-state index contributed by atoms with van der Waals surface area (Å²) in [5.41, 5.74) is 1.05. The summed E-state index contributed by atoms with van der Waals surface area (Å²) >= 11 is 3.48. The zero-order valence-corrected chi connectivity index (χ0v) is 29.2. The van der Waals surface area contributed by atoms with Crippen molar-refractivity contribution in [1.82, 2.24) is 10.2 Å². The van der Waals surface area contributed by atoms with E-state index in [1.165, 1.54) is 41.3 Å². The molecule has 4 aromatic rings. The molecule has 248 valence electrons. The van der Waals surface area contributed by atoms with Crippen molar-refractivity contribution in [2.75, 3.05) is 17.5 Å². The Bertz CT molecular complexity index is 1760. The van der Waals surface area contributed by atoms with Gasteiger partial charge < -0.3 is 15.0 Å². The van der Waals surface area contributed by atoms with E-state index in [0.29, 0.717) is 12.4 Å². The molecule has 1 N–H and O–H groups in total. The number of halogens is 2. The number of sulfonamides is 1. The van der Waals surface area contributed by atoms with Gasteiger partial charge in [0.2, 0.25) is 11.8 Å². The molecule has 0 aliphatic carbocycles. The van der Waals surface area contributed by atoms with E-state index in [4.69, 9.17) is 4.74 Å². The van der Waals surface area contributed by atoms with E-state index < -0.39 is 39.9 Å². The van der Waals surface area contributed by atoms with E-state index in [9.17, 15) is 22.4 Å². The van der Waals surface area contributed by atoms with Gasteiger partial charge in [-0.05, 0) is 99.5 Å². The molecule has 0 aromatic heterocycles. The van der Waals surface area contributed by atoms with Gasteiger partial charge in [-0.3, -0.25) is 13.9 Å². The highest BCUT2D eigenvalue weighted by Crippen LogP contribution is 2.27. The van der Waals surface area contributed by atoms with Crippen molar-refractivity contribution in [2.45, 2.75) is 57.1 Å². The molecule has 47 heavy (non-hydrogen) atoms. The Morgan fingerprint density at radius 3 is 2.13 bits per heavy atom. The van der Waals surface area contributed by atoms with E-state index in [1.807, 2.05) is 82.3 Å². The average molecular weight is 725 g/mol. The third kappa shape index (κ3) is 9.89. The number of hydrogen-bond donors (Lipinski definition) is 1. The lowest BCUT2D eigenvalue weighted by atomic mass is 10.0. The zero-order chi connectivity index (χ0) is 34.2. The Balaban J connectivity index is 1.81. The molecule has 2 amide bonds. The summed E-state index contributed by atoms with van der Waals surface area (Å²) in [5.74, 6) is -1.07. The number of nitrogens with one attached hydrogen (secondary N) is 1. The summed E-state index contributed by atoms with van der Waals surface area (Å²) < 4.78 is 49.5. The normalized spacial score (nSPS) is 12.2. The quantitative estimate of drug-likeness (QED) is 0.165. The van der Waals surface area contributed by atoms with Crippen molar-refractivity contribution >= 4 is 43.5 Å². The van der Waals surface area contributed by atoms with E-state index in [0.717, 1.165) is 32.0 Å². The first-order chi connectivity index (χ1) is 22.3. The second kappa shape index (κ2) is 15.6. The molecule has 0 aliphatic heterocycles. The number of benzene rings is 4. The average Bonchev–Trinajstić information content (AvgIpc) is 3.02. The van der Waals surface area contributed by atoms with Crippen molar-refractivity contribution in [3.63, 3.8) is 0 Å². The highest BCUT2D eigenvalue weighted by atomic mass is 79.9. The van der Waals surface area contributed by atoms with Crippen molar-refractivity contribution in [3.05, 3.63) is 125 Å². The number of rotatable bonds is 13. The summed E-state index contributed by atoms with van der Waals surface area (Å²) in [6.45, 7) is 7.15. The fourth-order valence-corrected chi connectivity index (χ4v) is 6.84. The van der Waals surface area contributed by atoms with Crippen LogP contribution in [0.3, 0.4) is 0 Å². The molecule has 1 unspecified atom stereocenters. The van der Waals surface area contributed by atoms with Crippen LogP contribution >= 0.6 is 15.9 Å². The molecule has 0 heterocycles. The van der Waals surface area contributed by atoms with Crippen molar-refractivity contribution in [1.29, 1.82) is 0 Å². The lowest BCUT2D eigenvalue weighted by Crippen LogP contribution is -2.56. The fourth-order valence-electron chi connectivity index (χ4n) is 4.98. The van der Waals surface area contributed by atoms with Crippen LogP contribution in [0.4, 0.5) is 10.1 Å². The van der Waals surface area contributed by atoms with Crippen molar-refractivity contribution in [2.24, 2.45) is 0 Å². The van der Waals surface area contributed by atoms with Crippen molar-refractivity contribution in [3.8, 4) is 5.75 Å². The maximum Gasteiger partial charge on any atom is 0.264 e. The first-order valence-corrected chi connectivity index (χ1v) is 17.4. The smallest absolute Gasteiger partial charge is 0.264 e. The molecule has 0 saturated heterocycles. The lowest BCUT2D eigenvalue weighted by molar-refractivity contribution is -0.140. The Morgan fingerprint density at radius 1 is 0.894 bits per heavy atom. The third-order valence-corrected chi connectivity index (χ3v) is 9.41. The Kier molecular flexibility index (Phi) is 11.8. The Morgan fingerprint density at radius 2 is 1.53 bits per heavy atom. The minimum atomic E-state index is -4.34. The fraction of sp³-hybridized carbons (Fsp3) is 0.278. The van der Waals surface area contributed by atoms with Crippen LogP contribution in [0.5, 0.6) is 5.75 Å². The first kappa shape index (κ1) is 35.6. The molecule has 0 bridgehead atoms. The van der Waals surface area contributed by atoms with Gasteiger partial charge in [-0.1, -0.05) is 58.4 Å². The van der Waals surface area contributed by atoms with E-state index in [1.54, 1.807) is 0 Å². The zero-order valence-electron chi connectivity index (χ0n) is 26.8. The molecular weight excluding hydrogens is 685 g/mol. The van der Waals surface area contributed by atoms with Gasteiger partial charge in [0.25, 0.3) is 10.0 Å². The van der Waals surface area contributed by atoms with Gasteiger partial charge in [0.05, 0.1) is 17.2 Å². The molecule has 11 heteroatoms. The highest BCUT2D eigenvalue weighted by molar-refractivity contribution is 9.10. The number of anilines is 1. The number of hydrogen-bond acceptors (Lipinski definition) is 5. The summed E-state index contributed by atoms with van der Waals surface area (Å²) in [5, 5.41) is 3.01. The second-order valence-electron chi connectivity index (χ2n) is 12.0. The van der Waals surface area contributed by atoms with Gasteiger partial charge in [0.15, 0.2) is 0 Å². The van der Waals surface area contributed by atoms with Gasteiger partial charge in [-0.25, -0.2) is 12.8 Å². The molecule has 0 saturated carbocycles. The van der Waals surface area contributed by atoms with Gasteiger partial charge >= 0.3 is 0 Å². The largest absolute Gasteiger partial charge is 0.494 e. The molecular formula is C36H39BrFN3O5S. The predicted octanol–water partition coefficient (Wildman–Crippen LogP) is 6.74. The van der Waals surface area contributed by atoms with E-state index in [2.05, 4.69) is 21.2 Å². The number of carbonyl (C=O) groups is 2. The molecule has 1 atom stereocenters. The number of nitrogens with zero attached hydrogens (tertiary/aromatic N) is 2. The highest BCUT2D eigenvalue weighted by Gasteiger charge is 2.35. The van der Waals surface area contributed by atoms with Crippen LogP contribution in [0.25, 0.3) is 0 Å². The number of ether oxygens (including phenoxy) is 1. The third-order valence-electron chi connectivity index (χ3n) is 7.13. The van der Waals surface area contributed by atoms with Gasteiger partial charge in [-0.15, -0.1) is 0 Å².